The first kappa shape index (κ1) is 17.2. The molecule has 0 bridgehead atoms. The van der Waals surface area contributed by atoms with Crippen LogP contribution in [0.5, 0.6) is 0 Å². The fraction of sp³-hybridized carbons (Fsp3) is 0.143. The van der Waals surface area contributed by atoms with Crippen molar-refractivity contribution in [3.63, 3.8) is 0 Å². The van der Waals surface area contributed by atoms with Gasteiger partial charge < -0.3 is 0 Å². The number of anilines is 1. The summed E-state index contributed by atoms with van der Waals surface area (Å²) in [6.07, 6.45) is 0. The van der Waals surface area contributed by atoms with Crippen molar-refractivity contribution in [3.8, 4) is 0 Å². The van der Waals surface area contributed by atoms with E-state index in [1.165, 1.54) is 6.07 Å². The number of hydrogen-bond acceptors (Lipinski definition) is 4. The van der Waals surface area contributed by atoms with E-state index in [4.69, 9.17) is 11.6 Å². The molecule has 0 spiro atoms. The molecule has 6 nitrogen and oxygen atoms in total. The molecule has 0 atom stereocenters. The highest BCUT2D eigenvalue weighted by Crippen LogP contribution is 2.28. The number of nitrogens with one attached hydrogen (secondary N) is 1. The summed E-state index contributed by atoms with van der Waals surface area (Å²) in [5, 5.41) is 10.6. The summed E-state index contributed by atoms with van der Waals surface area (Å²) in [6, 6.07) is 5.61. The minimum absolute atomic E-state index is 0.0720. The van der Waals surface area contributed by atoms with Gasteiger partial charge in [0.05, 0.1) is 20.5 Å². The average molecular weight is 359 g/mol. The van der Waals surface area contributed by atoms with Gasteiger partial charge in [-0.05, 0) is 43.7 Å². The molecule has 2 aromatic rings. The number of rotatable bonds is 4. The summed E-state index contributed by atoms with van der Waals surface area (Å²) in [5.41, 5.74) is 0.804. The Morgan fingerprint density at radius 1 is 1.17 bits per heavy atom. The maximum absolute atomic E-state index is 13.1. The third-order valence-electron chi connectivity index (χ3n) is 3.19. The van der Waals surface area contributed by atoms with Crippen LogP contribution in [0.1, 0.15) is 11.1 Å². The highest BCUT2D eigenvalue weighted by molar-refractivity contribution is 7.92. The molecule has 23 heavy (non-hydrogen) atoms. The number of nitrogens with zero attached hydrogens (tertiary/aromatic N) is 1. The molecule has 0 fully saturated rings. The first-order chi connectivity index (χ1) is 10.6. The van der Waals surface area contributed by atoms with Crippen LogP contribution >= 0.6 is 11.6 Å². The minimum atomic E-state index is -4.05. The van der Waals surface area contributed by atoms with Crippen LogP contribution in [-0.4, -0.2) is 13.3 Å². The number of benzene rings is 2. The van der Waals surface area contributed by atoms with Gasteiger partial charge in [0.25, 0.3) is 15.7 Å². The molecule has 0 heterocycles. The van der Waals surface area contributed by atoms with Crippen molar-refractivity contribution < 1.29 is 17.7 Å². The highest BCUT2D eigenvalue weighted by atomic mass is 35.5. The monoisotopic (exact) mass is 358 g/mol. The summed E-state index contributed by atoms with van der Waals surface area (Å²) in [6.45, 7) is 3.18. The molecule has 2 rings (SSSR count). The standard InChI is InChI=1S/C14H12ClFN2O4S/c1-8-5-9(2)14(18(19)20)7-13(8)17-23(21,22)10-3-4-12(16)11(15)6-10/h3-7,17H,1-2H3. The van der Waals surface area contributed by atoms with Crippen LogP contribution in [0.4, 0.5) is 15.8 Å². The lowest BCUT2D eigenvalue weighted by Gasteiger charge is -2.12. The van der Waals surface area contributed by atoms with Crippen molar-refractivity contribution in [2.24, 2.45) is 0 Å². The fourth-order valence-corrected chi connectivity index (χ4v) is 3.39. The predicted octanol–water partition coefficient (Wildman–Crippen LogP) is 3.80. The van der Waals surface area contributed by atoms with E-state index in [0.29, 0.717) is 11.1 Å². The quantitative estimate of drug-likeness (QED) is 0.664. The number of hydrogen-bond donors (Lipinski definition) is 1. The lowest BCUT2D eigenvalue weighted by atomic mass is 10.1. The Morgan fingerprint density at radius 3 is 2.39 bits per heavy atom. The van der Waals surface area contributed by atoms with Gasteiger partial charge in [-0.2, -0.15) is 0 Å². The van der Waals surface area contributed by atoms with Gasteiger partial charge in [-0.3, -0.25) is 14.8 Å². The Bertz CT molecular complexity index is 900. The second kappa shape index (κ2) is 6.13. The molecule has 1 N–H and O–H groups in total. The third-order valence-corrected chi connectivity index (χ3v) is 4.84. The molecule has 0 unspecified atom stereocenters. The van der Waals surface area contributed by atoms with Gasteiger partial charge in [-0.1, -0.05) is 11.6 Å². The molecule has 0 aromatic heterocycles. The van der Waals surface area contributed by atoms with Gasteiger partial charge in [0, 0.05) is 11.6 Å². The molecule has 2 aromatic carbocycles. The maximum atomic E-state index is 13.1. The Hall–Kier alpha value is -2.19. The summed E-state index contributed by atoms with van der Waals surface area (Å²) < 4.78 is 40.0. The molecule has 0 saturated heterocycles. The summed E-state index contributed by atoms with van der Waals surface area (Å²) >= 11 is 5.59. The molecule has 0 amide bonds. The van der Waals surface area contributed by atoms with E-state index < -0.39 is 20.8 Å². The van der Waals surface area contributed by atoms with Crippen molar-refractivity contribution >= 4 is 33.0 Å². The van der Waals surface area contributed by atoms with E-state index >= 15 is 0 Å². The van der Waals surface area contributed by atoms with E-state index in [2.05, 4.69) is 4.72 Å². The molecule has 0 aliphatic carbocycles. The van der Waals surface area contributed by atoms with Crippen molar-refractivity contribution in [2.75, 3.05) is 4.72 Å². The maximum Gasteiger partial charge on any atom is 0.274 e. The summed E-state index contributed by atoms with van der Waals surface area (Å²) in [7, 11) is -4.05. The van der Waals surface area contributed by atoms with Crippen molar-refractivity contribution in [3.05, 3.63) is 62.4 Å². The first-order valence-corrected chi connectivity index (χ1v) is 8.21. The molecule has 0 aliphatic heterocycles. The number of sulfonamides is 1. The highest BCUT2D eigenvalue weighted by Gasteiger charge is 2.20. The second-order valence-corrected chi connectivity index (χ2v) is 6.98. The van der Waals surface area contributed by atoms with Crippen LogP contribution in [0.25, 0.3) is 0 Å². The van der Waals surface area contributed by atoms with E-state index in [1.807, 2.05) is 0 Å². The molecular formula is C14H12ClFN2O4S. The van der Waals surface area contributed by atoms with E-state index in [0.717, 1.165) is 24.3 Å². The fourth-order valence-electron chi connectivity index (χ4n) is 2.00. The lowest BCUT2D eigenvalue weighted by molar-refractivity contribution is -0.385. The van der Waals surface area contributed by atoms with Crippen LogP contribution < -0.4 is 4.72 Å². The number of aryl methyl sites for hydroxylation is 2. The van der Waals surface area contributed by atoms with Crippen LogP contribution in [0.3, 0.4) is 0 Å². The van der Waals surface area contributed by atoms with Gasteiger partial charge >= 0.3 is 0 Å². The Balaban J connectivity index is 2.46. The number of nitro groups is 1. The zero-order valence-corrected chi connectivity index (χ0v) is 13.7. The molecule has 0 radical (unpaired) electrons. The van der Waals surface area contributed by atoms with Crippen molar-refractivity contribution in [1.29, 1.82) is 0 Å². The number of halogens is 2. The van der Waals surface area contributed by atoms with Gasteiger partial charge in [0.2, 0.25) is 0 Å². The molecular weight excluding hydrogens is 347 g/mol. The predicted molar refractivity (Wildman–Crippen MR) is 84.8 cm³/mol. The molecule has 9 heteroatoms. The van der Waals surface area contributed by atoms with E-state index in [-0.39, 0.29) is 21.3 Å². The largest absolute Gasteiger partial charge is 0.279 e. The van der Waals surface area contributed by atoms with Crippen molar-refractivity contribution in [2.45, 2.75) is 18.7 Å². The van der Waals surface area contributed by atoms with E-state index in [1.54, 1.807) is 13.8 Å². The summed E-state index contributed by atoms with van der Waals surface area (Å²) in [5.74, 6) is -0.743. The van der Waals surface area contributed by atoms with Crippen LogP contribution in [0.15, 0.2) is 35.2 Å². The Labute approximate surface area is 137 Å². The minimum Gasteiger partial charge on any atom is -0.279 e. The van der Waals surface area contributed by atoms with Gasteiger partial charge in [0.1, 0.15) is 5.82 Å². The first-order valence-electron chi connectivity index (χ1n) is 6.35. The van der Waals surface area contributed by atoms with Gasteiger partial charge in [-0.15, -0.1) is 0 Å². The normalized spacial score (nSPS) is 11.3. The number of nitro benzene ring substituents is 1. The topological polar surface area (TPSA) is 89.3 Å². The van der Waals surface area contributed by atoms with E-state index in [9.17, 15) is 22.9 Å². The molecule has 0 saturated carbocycles. The van der Waals surface area contributed by atoms with Crippen molar-refractivity contribution in [1.82, 2.24) is 0 Å². The van der Waals surface area contributed by atoms with Crippen LogP contribution in [0.2, 0.25) is 5.02 Å². The molecule has 122 valence electrons. The zero-order chi connectivity index (χ0) is 17.4. The Kier molecular flexibility index (Phi) is 4.58. The van der Waals surface area contributed by atoms with Gasteiger partial charge in [-0.25, -0.2) is 12.8 Å². The third kappa shape index (κ3) is 3.59. The SMILES string of the molecule is Cc1cc(C)c([N+](=O)[O-])cc1NS(=O)(=O)c1ccc(F)c(Cl)c1. The smallest absolute Gasteiger partial charge is 0.274 e. The summed E-state index contributed by atoms with van der Waals surface area (Å²) in [4.78, 5) is 10.1. The van der Waals surface area contributed by atoms with Gasteiger partial charge in [0.15, 0.2) is 0 Å². The van der Waals surface area contributed by atoms with Crippen LogP contribution in [0, 0.1) is 29.8 Å². The average Bonchev–Trinajstić information content (AvgIpc) is 2.44. The zero-order valence-electron chi connectivity index (χ0n) is 12.1. The lowest BCUT2D eigenvalue weighted by Crippen LogP contribution is -2.14. The Morgan fingerprint density at radius 2 is 1.83 bits per heavy atom. The van der Waals surface area contributed by atoms with Crippen LogP contribution in [-0.2, 0) is 10.0 Å². The second-order valence-electron chi connectivity index (χ2n) is 4.89. The molecule has 0 aliphatic rings.